The van der Waals surface area contributed by atoms with Gasteiger partial charge in [-0.05, 0) is 110 Å². The molecular weight excluding hydrogens is 472 g/mol. The molecule has 4 nitrogen and oxygen atoms in total. The molecule has 0 bridgehead atoms. The third kappa shape index (κ3) is 5.77. The van der Waals surface area contributed by atoms with E-state index >= 15 is 0 Å². The summed E-state index contributed by atoms with van der Waals surface area (Å²) in [5.74, 6) is 1.79. The predicted molar refractivity (Wildman–Crippen MR) is 151 cm³/mol. The third-order valence-corrected chi connectivity index (χ3v) is 9.88. The van der Waals surface area contributed by atoms with Crippen molar-refractivity contribution in [2.24, 2.45) is 29.1 Å². The summed E-state index contributed by atoms with van der Waals surface area (Å²) in [4.78, 5) is 12.7. The molecule has 1 aromatic rings. The van der Waals surface area contributed by atoms with Crippen LogP contribution in [0, 0.1) is 29.1 Å². The first-order chi connectivity index (χ1) is 18.3. The van der Waals surface area contributed by atoms with Crippen LogP contribution < -0.4 is 0 Å². The summed E-state index contributed by atoms with van der Waals surface area (Å²) < 4.78 is 5.95. The number of rotatable bonds is 7. The summed E-state index contributed by atoms with van der Waals surface area (Å²) in [6.07, 6.45) is 16.8. The second-order valence-corrected chi connectivity index (χ2v) is 12.5. The zero-order chi connectivity index (χ0) is 26.9. The molecular formula is C34H44O4. The van der Waals surface area contributed by atoms with Crippen LogP contribution in [0.2, 0.25) is 0 Å². The number of benzene rings is 1. The van der Waals surface area contributed by atoms with Gasteiger partial charge in [-0.1, -0.05) is 62.4 Å². The van der Waals surface area contributed by atoms with E-state index in [-0.39, 0.29) is 17.5 Å². The van der Waals surface area contributed by atoms with Crippen LogP contribution in [0.5, 0.6) is 0 Å². The van der Waals surface area contributed by atoms with Gasteiger partial charge in [-0.2, -0.15) is 0 Å². The van der Waals surface area contributed by atoms with E-state index in [2.05, 4.69) is 44.7 Å². The van der Waals surface area contributed by atoms with Crippen LogP contribution in [0.25, 0.3) is 0 Å². The Hall–Kier alpha value is -2.43. The summed E-state index contributed by atoms with van der Waals surface area (Å²) in [7, 11) is 0. The molecule has 38 heavy (non-hydrogen) atoms. The van der Waals surface area contributed by atoms with Crippen LogP contribution in [0.1, 0.15) is 82.0 Å². The van der Waals surface area contributed by atoms with Crippen LogP contribution in [0.15, 0.2) is 77.9 Å². The van der Waals surface area contributed by atoms with E-state index in [1.807, 2.05) is 30.3 Å². The summed E-state index contributed by atoms with van der Waals surface area (Å²) in [5, 5.41) is 20.4. The van der Waals surface area contributed by atoms with Gasteiger partial charge in [-0.15, -0.1) is 0 Å². The highest BCUT2D eigenvalue weighted by molar-refractivity contribution is 5.89. The number of esters is 1. The number of aliphatic hydroxyl groups excluding tert-OH is 2. The minimum absolute atomic E-state index is 0.141. The Morgan fingerprint density at radius 2 is 1.87 bits per heavy atom. The summed E-state index contributed by atoms with van der Waals surface area (Å²) in [6, 6.07) is 9.29. The topological polar surface area (TPSA) is 66.8 Å². The average molecular weight is 517 g/mol. The van der Waals surface area contributed by atoms with Gasteiger partial charge in [-0.25, -0.2) is 4.79 Å². The SMILES string of the molecule is C=C1/C(=C\C=C2/CCC[C@]3(C)[C@@H]([C@H](C)/C=C/[C@H](OC(=O)c4ccccc4)C4CC4)CC[C@@H]23)C[C@@H](O)C[C@@H]1O. The number of carbonyl (C=O) groups excluding carboxylic acids is 1. The fraction of sp³-hybridized carbons (Fsp3) is 0.559. The van der Waals surface area contributed by atoms with Crippen LogP contribution in [0.4, 0.5) is 0 Å². The molecule has 0 unspecified atom stereocenters. The first kappa shape index (κ1) is 27.1. The van der Waals surface area contributed by atoms with Crippen molar-refractivity contribution in [2.45, 2.75) is 89.9 Å². The Kier molecular flexibility index (Phi) is 8.11. The van der Waals surface area contributed by atoms with Crippen molar-refractivity contribution in [3.63, 3.8) is 0 Å². The van der Waals surface area contributed by atoms with Crippen molar-refractivity contribution in [1.82, 2.24) is 0 Å². The molecule has 204 valence electrons. The van der Waals surface area contributed by atoms with E-state index in [1.54, 1.807) is 0 Å². The van der Waals surface area contributed by atoms with Crippen LogP contribution in [-0.2, 0) is 4.74 Å². The Balaban J connectivity index is 1.27. The van der Waals surface area contributed by atoms with Crippen molar-refractivity contribution < 1.29 is 19.7 Å². The quantitative estimate of drug-likeness (QED) is 0.304. The van der Waals surface area contributed by atoms with Gasteiger partial charge >= 0.3 is 5.97 Å². The number of carbonyl (C=O) groups is 1. The Morgan fingerprint density at radius 1 is 1.11 bits per heavy atom. The lowest BCUT2D eigenvalue weighted by Crippen LogP contribution is -2.35. The lowest BCUT2D eigenvalue weighted by atomic mass is 9.61. The molecule has 0 amide bonds. The maximum absolute atomic E-state index is 12.7. The maximum Gasteiger partial charge on any atom is 0.338 e. The summed E-state index contributed by atoms with van der Waals surface area (Å²) in [5.41, 5.74) is 4.12. The van der Waals surface area contributed by atoms with Gasteiger partial charge in [0.25, 0.3) is 0 Å². The van der Waals surface area contributed by atoms with Crippen LogP contribution in [-0.4, -0.2) is 34.5 Å². The van der Waals surface area contributed by atoms with E-state index in [4.69, 9.17) is 4.74 Å². The van der Waals surface area contributed by atoms with Gasteiger partial charge in [-0.3, -0.25) is 0 Å². The van der Waals surface area contributed by atoms with Gasteiger partial charge in [0.05, 0.1) is 17.8 Å². The summed E-state index contributed by atoms with van der Waals surface area (Å²) in [6.45, 7) is 8.91. The molecule has 0 heterocycles. The average Bonchev–Trinajstić information content (AvgIpc) is 3.69. The molecule has 4 aliphatic carbocycles. The molecule has 0 saturated heterocycles. The first-order valence-corrected chi connectivity index (χ1v) is 14.7. The van der Waals surface area contributed by atoms with Gasteiger partial charge in [0, 0.05) is 6.42 Å². The van der Waals surface area contributed by atoms with Gasteiger partial charge in [0.1, 0.15) is 6.10 Å². The van der Waals surface area contributed by atoms with Crippen molar-refractivity contribution in [2.75, 3.05) is 0 Å². The van der Waals surface area contributed by atoms with Gasteiger partial charge in [0.2, 0.25) is 0 Å². The largest absolute Gasteiger partial charge is 0.454 e. The number of allylic oxidation sites excluding steroid dienone is 4. The highest BCUT2D eigenvalue weighted by atomic mass is 16.5. The zero-order valence-electron chi connectivity index (χ0n) is 23.0. The highest BCUT2D eigenvalue weighted by Gasteiger charge is 2.50. The first-order valence-electron chi connectivity index (χ1n) is 14.7. The van der Waals surface area contributed by atoms with E-state index in [9.17, 15) is 15.0 Å². The Bertz CT molecular complexity index is 1110. The van der Waals surface area contributed by atoms with Gasteiger partial charge in [0.15, 0.2) is 0 Å². The lowest BCUT2D eigenvalue weighted by Gasteiger charge is -2.44. The number of aliphatic hydroxyl groups is 2. The van der Waals surface area contributed by atoms with E-state index in [1.165, 1.54) is 31.3 Å². The molecule has 7 atom stereocenters. The molecule has 4 saturated carbocycles. The molecule has 0 spiro atoms. The molecule has 5 rings (SSSR count). The molecule has 0 aromatic heterocycles. The monoisotopic (exact) mass is 516 g/mol. The van der Waals surface area contributed by atoms with Crippen molar-refractivity contribution in [1.29, 1.82) is 0 Å². The number of ether oxygens (including phenoxy) is 1. The zero-order valence-corrected chi connectivity index (χ0v) is 23.0. The third-order valence-electron chi connectivity index (χ3n) is 9.88. The summed E-state index contributed by atoms with van der Waals surface area (Å²) >= 11 is 0. The second kappa shape index (κ2) is 11.4. The number of hydrogen-bond acceptors (Lipinski definition) is 4. The molecule has 0 aliphatic heterocycles. The van der Waals surface area contributed by atoms with Crippen LogP contribution >= 0.6 is 0 Å². The van der Waals surface area contributed by atoms with Crippen molar-refractivity contribution in [3.05, 3.63) is 83.5 Å². The molecule has 2 N–H and O–H groups in total. The Labute approximate surface area is 228 Å². The minimum atomic E-state index is -0.644. The molecule has 0 radical (unpaired) electrons. The fourth-order valence-corrected chi connectivity index (χ4v) is 7.51. The molecule has 1 aromatic carbocycles. The smallest absolute Gasteiger partial charge is 0.338 e. The standard InChI is InChI=1S/C34H44O4/c1-22(11-18-32(25-13-14-25)38-33(37)26-8-5-4-6-9-26)29-16-17-30-24(10-7-19-34(29,30)3)12-15-27-20-28(35)21-31(36)23(27)2/h4-6,8-9,11-12,15,18,22,25,28-32,35-36H,2,7,10,13-14,16-17,19-21H2,1,3H3/b18-11+,24-12+,27-15-/t22-,28-,29-,30+,31+,32+,34-/m1/s1. The lowest BCUT2D eigenvalue weighted by molar-refractivity contribution is 0.0353. The predicted octanol–water partition coefficient (Wildman–Crippen LogP) is 6.96. The Morgan fingerprint density at radius 3 is 2.61 bits per heavy atom. The molecule has 4 aliphatic rings. The van der Waals surface area contributed by atoms with Crippen molar-refractivity contribution >= 4 is 5.97 Å². The second-order valence-electron chi connectivity index (χ2n) is 12.5. The molecule has 4 heteroatoms. The van der Waals surface area contributed by atoms with E-state index < -0.39 is 12.2 Å². The van der Waals surface area contributed by atoms with Crippen molar-refractivity contribution in [3.8, 4) is 0 Å². The van der Waals surface area contributed by atoms with Gasteiger partial charge < -0.3 is 14.9 Å². The fourth-order valence-electron chi connectivity index (χ4n) is 7.51. The minimum Gasteiger partial charge on any atom is -0.454 e. The van der Waals surface area contributed by atoms with E-state index in [0.29, 0.717) is 42.1 Å². The maximum atomic E-state index is 12.7. The normalized spacial score (nSPS) is 35.4. The highest BCUT2D eigenvalue weighted by Crippen LogP contribution is 2.59. The number of fused-ring (bicyclic) bond motifs is 1. The van der Waals surface area contributed by atoms with Crippen LogP contribution in [0.3, 0.4) is 0 Å². The van der Waals surface area contributed by atoms with E-state index in [0.717, 1.165) is 30.4 Å². The molecule has 4 fully saturated rings. The number of hydrogen-bond donors (Lipinski definition) is 2.